The molecular weight excluding hydrogens is 264 g/mol. The predicted molar refractivity (Wildman–Crippen MR) is 81.2 cm³/mol. The molecule has 0 fully saturated rings. The minimum absolute atomic E-state index is 0.156. The van der Waals surface area contributed by atoms with Gasteiger partial charge in [0.15, 0.2) is 0 Å². The summed E-state index contributed by atoms with van der Waals surface area (Å²) >= 11 is 0. The van der Waals surface area contributed by atoms with Crippen LogP contribution in [-0.2, 0) is 6.54 Å². The zero-order valence-electron chi connectivity index (χ0n) is 11.9. The minimum atomic E-state index is -0.156. The van der Waals surface area contributed by atoms with Gasteiger partial charge in [-0.25, -0.2) is 5.43 Å². The van der Waals surface area contributed by atoms with Gasteiger partial charge in [-0.1, -0.05) is 19.1 Å². The fraction of sp³-hybridized carbons (Fsp3) is 0.267. The second-order valence-corrected chi connectivity index (χ2v) is 4.91. The topological polar surface area (TPSA) is 81.7 Å². The number of hydrazine groups is 1. The van der Waals surface area contributed by atoms with Gasteiger partial charge in [-0.3, -0.25) is 20.5 Å². The molecule has 0 amide bonds. The molecule has 6 heteroatoms. The molecule has 0 bridgehead atoms. The summed E-state index contributed by atoms with van der Waals surface area (Å²) in [4.78, 5) is 8.77. The van der Waals surface area contributed by atoms with Crippen molar-refractivity contribution in [3.63, 3.8) is 0 Å². The van der Waals surface area contributed by atoms with Crippen molar-refractivity contribution in [3.8, 4) is 0 Å². The highest BCUT2D eigenvalue weighted by atomic mass is 15.3. The standard InChI is InChI=1S/C15H18N6/c1-2-8-21-10-11(9-19-21)14(20-16)12-4-3-5-13-15(12)18-7-6-17-13/h3-7,9-10,14,20H,2,8,16H2,1H3. The quantitative estimate of drug-likeness (QED) is 0.551. The summed E-state index contributed by atoms with van der Waals surface area (Å²) in [7, 11) is 0. The van der Waals surface area contributed by atoms with Crippen LogP contribution < -0.4 is 11.3 Å². The number of nitrogens with zero attached hydrogens (tertiary/aromatic N) is 4. The highest BCUT2D eigenvalue weighted by Crippen LogP contribution is 2.26. The molecule has 0 radical (unpaired) electrons. The third-order valence-electron chi connectivity index (χ3n) is 3.45. The third-order valence-corrected chi connectivity index (χ3v) is 3.45. The molecule has 1 aromatic carbocycles. The van der Waals surface area contributed by atoms with Gasteiger partial charge in [0.05, 0.1) is 23.3 Å². The van der Waals surface area contributed by atoms with E-state index < -0.39 is 0 Å². The monoisotopic (exact) mass is 282 g/mol. The molecular formula is C15H18N6. The SMILES string of the molecule is CCCn1cc(C(NN)c2cccc3nccnc23)cn1. The largest absolute Gasteiger partial charge is 0.272 e. The van der Waals surface area contributed by atoms with Gasteiger partial charge >= 0.3 is 0 Å². The van der Waals surface area contributed by atoms with E-state index in [0.717, 1.165) is 35.1 Å². The smallest absolute Gasteiger partial charge is 0.0938 e. The van der Waals surface area contributed by atoms with Crippen LogP contribution in [0.15, 0.2) is 43.0 Å². The fourth-order valence-electron chi connectivity index (χ4n) is 2.49. The Morgan fingerprint density at radius 3 is 2.95 bits per heavy atom. The molecule has 108 valence electrons. The lowest BCUT2D eigenvalue weighted by atomic mass is 10.0. The number of benzene rings is 1. The van der Waals surface area contributed by atoms with Crippen molar-refractivity contribution in [1.29, 1.82) is 0 Å². The van der Waals surface area contributed by atoms with Gasteiger partial charge < -0.3 is 0 Å². The molecule has 2 aromatic heterocycles. The Labute approximate surface area is 123 Å². The third kappa shape index (κ3) is 2.63. The van der Waals surface area contributed by atoms with E-state index in [4.69, 9.17) is 5.84 Å². The molecule has 2 heterocycles. The van der Waals surface area contributed by atoms with Crippen LogP contribution >= 0.6 is 0 Å². The number of hydrogen-bond acceptors (Lipinski definition) is 5. The number of nitrogens with two attached hydrogens (primary N) is 1. The molecule has 21 heavy (non-hydrogen) atoms. The molecule has 3 aromatic rings. The first kappa shape index (κ1) is 13.7. The molecule has 1 atom stereocenters. The van der Waals surface area contributed by atoms with Gasteiger partial charge in [0, 0.05) is 36.3 Å². The number of fused-ring (bicyclic) bond motifs is 1. The Balaban J connectivity index is 2.05. The second-order valence-electron chi connectivity index (χ2n) is 4.91. The van der Waals surface area contributed by atoms with E-state index in [2.05, 4.69) is 27.4 Å². The zero-order chi connectivity index (χ0) is 14.7. The first-order valence-corrected chi connectivity index (χ1v) is 7.01. The summed E-state index contributed by atoms with van der Waals surface area (Å²) in [5.41, 5.74) is 6.59. The van der Waals surface area contributed by atoms with Gasteiger partial charge in [-0.15, -0.1) is 0 Å². The Hall–Kier alpha value is -2.31. The molecule has 0 aliphatic rings. The van der Waals surface area contributed by atoms with Gasteiger partial charge in [-0.05, 0) is 12.5 Å². The highest BCUT2D eigenvalue weighted by Gasteiger charge is 2.17. The Morgan fingerprint density at radius 1 is 1.29 bits per heavy atom. The van der Waals surface area contributed by atoms with E-state index in [9.17, 15) is 0 Å². The molecule has 1 unspecified atom stereocenters. The van der Waals surface area contributed by atoms with Crippen LogP contribution in [0.2, 0.25) is 0 Å². The van der Waals surface area contributed by atoms with Crippen LogP contribution in [0.4, 0.5) is 0 Å². The van der Waals surface area contributed by atoms with Crippen LogP contribution in [-0.4, -0.2) is 19.7 Å². The predicted octanol–water partition coefficient (Wildman–Crippen LogP) is 1.79. The van der Waals surface area contributed by atoms with Gasteiger partial charge in [-0.2, -0.15) is 5.10 Å². The van der Waals surface area contributed by atoms with Crippen LogP contribution in [0.3, 0.4) is 0 Å². The van der Waals surface area contributed by atoms with E-state index in [0.29, 0.717) is 0 Å². The van der Waals surface area contributed by atoms with Gasteiger partial charge in [0.2, 0.25) is 0 Å². The number of hydrogen-bond donors (Lipinski definition) is 2. The molecule has 0 aliphatic carbocycles. The normalized spacial score (nSPS) is 12.7. The highest BCUT2D eigenvalue weighted by molar-refractivity contribution is 5.78. The van der Waals surface area contributed by atoms with Crippen molar-refractivity contribution >= 4 is 11.0 Å². The van der Waals surface area contributed by atoms with E-state index in [1.807, 2.05) is 35.3 Å². The first-order chi connectivity index (χ1) is 10.3. The van der Waals surface area contributed by atoms with Crippen LogP contribution in [0, 0.1) is 0 Å². The maximum absolute atomic E-state index is 5.78. The Kier molecular flexibility index (Phi) is 3.89. The van der Waals surface area contributed by atoms with Crippen molar-refractivity contribution in [3.05, 3.63) is 54.1 Å². The van der Waals surface area contributed by atoms with Crippen LogP contribution in [0.25, 0.3) is 11.0 Å². The van der Waals surface area contributed by atoms with Gasteiger partial charge in [0.25, 0.3) is 0 Å². The molecule has 3 N–H and O–H groups in total. The average molecular weight is 282 g/mol. The van der Waals surface area contributed by atoms with Crippen molar-refractivity contribution in [2.24, 2.45) is 5.84 Å². The second kappa shape index (κ2) is 5.99. The number of aromatic nitrogens is 4. The van der Waals surface area contributed by atoms with E-state index in [1.165, 1.54) is 0 Å². The number of nitrogens with one attached hydrogen (secondary N) is 1. The lowest BCUT2D eigenvalue weighted by Crippen LogP contribution is -2.29. The fourth-order valence-corrected chi connectivity index (χ4v) is 2.49. The number of para-hydroxylation sites is 1. The van der Waals surface area contributed by atoms with Crippen molar-refractivity contribution in [2.75, 3.05) is 0 Å². The van der Waals surface area contributed by atoms with E-state index in [1.54, 1.807) is 12.4 Å². The molecule has 0 spiro atoms. The summed E-state index contributed by atoms with van der Waals surface area (Å²) in [5.74, 6) is 5.78. The number of rotatable bonds is 5. The van der Waals surface area contributed by atoms with Crippen LogP contribution in [0.5, 0.6) is 0 Å². The van der Waals surface area contributed by atoms with Crippen molar-refractivity contribution in [2.45, 2.75) is 25.9 Å². The molecule has 0 saturated heterocycles. The Morgan fingerprint density at radius 2 is 2.14 bits per heavy atom. The van der Waals surface area contributed by atoms with E-state index >= 15 is 0 Å². The van der Waals surface area contributed by atoms with E-state index in [-0.39, 0.29) is 6.04 Å². The zero-order valence-corrected chi connectivity index (χ0v) is 11.9. The summed E-state index contributed by atoms with van der Waals surface area (Å²) in [6.45, 7) is 3.02. The van der Waals surface area contributed by atoms with Crippen molar-refractivity contribution in [1.82, 2.24) is 25.2 Å². The number of aryl methyl sites for hydroxylation is 1. The van der Waals surface area contributed by atoms with Crippen LogP contribution in [0.1, 0.15) is 30.5 Å². The first-order valence-electron chi connectivity index (χ1n) is 7.01. The molecule has 6 nitrogen and oxygen atoms in total. The summed E-state index contributed by atoms with van der Waals surface area (Å²) in [6, 6.07) is 5.77. The molecule has 0 saturated carbocycles. The Bertz CT molecular complexity index is 730. The summed E-state index contributed by atoms with van der Waals surface area (Å²) in [6.07, 6.45) is 8.29. The minimum Gasteiger partial charge on any atom is -0.272 e. The lowest BCUT2D eigenvalue weighted by Gasteiger charge is -2.16. The maximum Gasteiger partial charge on any atom is 0.0938 e. The van der Waals surface area contributed by atoms with Gasteiger partial charge in [0.1, 0.15) is 0 Å². The lowest BCUT2D eigenvalue weighted by molar-refractivity contribution is 0.598. The summed E-state index contributed by atoms with van der Waals surface area (Å²) in [5, 5.41) is 4.37. The molecule has 3 rings (SSSR count). The summed E-state index contributed by atoms with van der Waals surface area (Å²) < 4.78 is 1.93. The maximum atomic E-state index is 5.78. The van der Waals surface area contributed by atoms with Crippen molar-refractivity contribution < 1.29 is 0 Å². The average Bonchev–Trinajstić information content (AvgIpc) is 2.97. The molecule has 0 aliphatic heterocycles.